The molecule has 1 fully saturated rings. The van der Waals surface area contributed by atoms with Crippen LogP contribution in [-0.4, -0.2) is 46.5 Å². The van der Waals surface area contributed by atoms with Gasteiger partial charge in [0, 0.05) is 26.2 Å². The Kier molecular flexibility index (Phi) is 5.83. The number of aromatic nitrogens is 2. The van der Waals surface area contributed by atoms with E-state index in [4.69, 9.17) is 4.74 Å². The molecule has 2 amide bonds. The van der Waals surface area contributed by atoms with Gasteiger partial charge in [-0.25, -0.2) is 4.98 Å². The molecule has 2 aliphatic heterocycles. The first kappa shape index (κ1) is 19.5. The Balaban J connectivity index is 1.52. The molecule has 154 valence electrons. The van der Waals surface area contributed by atoms with Gasteiger partial charge in [-0.05, 0) is 56.2 Å². The summed E-state index contributed by atoms with van der Waals surface area (Å²) < 4.78 is 7.11. The van der Waals surface area contributed by atoms with E-state index < -0.39 is 0 Å². The summed E-state index contributed by atoms with van der Waals surface area (Å²) in [5, 5.41) is 2.95. The highest BCUT2D eigenvalue weighted by Gasteiger charge is 2.30. The van der Waals surface area contributed by atoms with Crippen molar-refractivity contribution in [3.05, 3.63) is 47.0 Å². The van der Waals surface area contributed by atoms with E-state index in [9.17, 15) is 9.59 Å². The van der Waals surface area contributed by atoms with Gasteiger partial charge in [-0.15, -0.1) is 0 Å². The van der Waals surface area contributed by atoms with Crippen LogP contribution in [0.2, 0.25) is 0 Å². The average molecular weight is 396 g/mol. The van der Waals surface area contributed by atoms with Gasteiger partial charge < -0.3 is 19.5 Å². The summed E-state index contributed by atoms with van der Waals surface area (Å²) in [5.74, 6) is 0.878. The van der Waals surface area contributed by atoms with Crippen LogP contribution in [0.1, 0.15) is 64.5 Å². The minimum Gasteiger partial charge on any atom is -0.497 e. The number of hydrogen-bond acceptors (Lipinski definition) is 4. The van der Waals surface area contributed by atoms with E-state index in [1.165, 1.54) is 6.42 Å². The molecule has 0 bridgehead atoms. The van der Waals surface area contributed by atoms with Crippen LogP contribution in [0.3, 0.4) is 0 Å². The number of imidazole rings is 1. The number of carbonyl (C=O) groups is 2. The van der Waals surface area contributed by atoms with Crippen LogP contribution in [0.15, 0.2) is 24.3 Å². The van der Waals surface area contributed by atoms with Crippen molar-refractivity contribution in [2.45, 2.75) is 51.6 Å². The molecule has 29 heavy (non-hydrogen) atoms. The van der Waals surface area contributed by atoms with Gasteiger partial charge in [0.05, 0.1) is 12.8 Å². The molecule has 2 aromatic rings. The second-order valence-electron chi connectivity index (χ2n) is 7.72. The Morgan fingerprint density at radius 3 is 2.48 bits per heavy atom. The van der Waals surface area contributed by atoms with Crippen molar-refractivity contribution in [1.29, 1.82) is 0 Å². The molecule has 0 atom stereocenters. The maximum absolute atomic E-state index is 13.1. The molecule has 1 N–H and O–H groups in total. The minimum atomic E-state index is -0.235. The second-order valence-corrected chi connectivity index (χ2v) is 7.72. The van der Waals surface area contributed by atoms with Crippen molar-refractivity contribution < 1.29 is 14.3 Å². The number of fused-ring (bicyclic) bond motifs is 1. The van der Waals surface area contributed by atoms with Crippen molar-refractivity contribution in [2.24, 2.45) is 0 Å². The lowest BCUT2D eigenvalue weighted by Crippen LogP contribution is -2.36. The average Bonchev–Trinajstić information content (AvgIpc) is 3.18. The second kappa shape index (κ2) is 8.68. The van der Waals surface area contributed by atoms with Crippen LogP contribution in [0.5, 0.6) is 5.75 Å². The minimum absolute atomic E-state index is 0.0236. The number of piperidine rings is 1. The first-order valence-corrected chi connectivity index (χ1v) is 10.5. The fourth-order valence-electron chi connectivity index (χ4n) is 4.14. The van der Waals surface area contributed by atoms with Crippen LogP contribution in [-0.2, 0) is 19.5 Å². The number of carbonyl (C=O) groups excluding carboxylic acids is 2. The molecule has 3 heterocycles. The number of likely N-dealkylation sites (tertiary alicyclic amines) is 1. The normalized spacial score (nSPS) is 16.2. The summed E-state index contributed by atoms with van der Waals surface area (Å²) in [6.45, 7) is 2.70. The third-order valence-electron chi connectivity index (χ3n) is 5.78. The molecular weight excluding hydrogens is 368 g/mol. The van der Waals surface area contributed by atoms with Gasteiger partial charge >= 0.3 is 0 Å². The highest BCUT2D eigenvalue weighted by Crippen LogP contribution is 2.23. The highest BCUT2D eigenvalue weighted by molar-refractivity contribution is 5.97. The van der Waals surface area contributed by atoms with E-state index in [1.807, 2.05) is 33.7 Å². The van der Waals surface area contributed by atoms with E-state index in [2.05, 4.69) is 10.3 Å². The van der Waals surface area contributed by atoms with Crippen molar-refractivity contribution in [3.8, 4) is 5.75 Å². The van der Waals surface area contributed by atoms with E-state index in [1.54, 1.807) is 7.11 Å². The molecule has 1 aromatic carbocycles. The SMILES string of the molecule is COc1ccc(CNC(=O)c2nc(C(=O)N3CCCCC3)c3n2CCCC3)cc1. The zero-order valence-electron chi connectivity index (χ0n) is 16.9. The summed E-state index contributed by atoms with van der Waals surface area (Å²) in [6.07, 6.45) is 6.07. The van der Waals surface area contributed by atoms with Crippen LogP contribution in [0.4, 0.5) is 0 Å². The summed E-state index contributed by atoms with van der Waals surface area (Å²) >= 11 is 0. The molecular formula is C22H28N4O3. The highest BCUT2D eigenvalue weighted by atomic mass is 16.5. The Labute approximate surface area is 171 Å². The van der Waals surface area contributed by atoms with Crippen molar-refractivity contribution >= 4 is 11.8 Å². The van der Waals surface area contributed by atoms with Gasteiger partial charge in [0.1, 0.15) is 11.4 Å². The fraction of sp³-hybridized carbons (Fsp3) is 0.500. The van der Waals surface area contributed by atoms with Gasteiger partial charge in [0.2, 0.25) is 0 Å². The molecule has 7 heteroatoms. The molecule has 0 aliphatic carbocycles. The molecule has 7 nitrogen and oxygen atoms in total. The standard InChI is InChI=1S/C22H28N4O3/c1-29-17-10-8-16(9-11-17)15-23-21(27)20-24-19(18-7-3-6-14-26(18)20)22(28)25-12-4-2-5-13-25/h8-11H,2-7,12-15H2,1H3,(H,23,27). The van der Waals surface area contributed by atoms with Crippen LogP contribution >= 0.6 is 0 Å². The molecule has 1 aromatic heterocycles. The first-order valence-electron chi connectivity index (χ1n) is 10.5. The predicted molar refractivity (Wildman–Crippen MR) is 109 cm³/mol. The van der Waals surface area contributed by atoms with Gasteiger partial charge in [-0.2, -0.15) is 0 Å². The number of hydrogen-bond donors (Lipinski definition) is 1. The van der Waals surface area contributed by atoms with Crippen molar-refractivity contribution in [2.75, 3.05) is 20.2 Å². The topological polar surface area (TPSA) is 76.5 Å². The van der Waals surface area contributed by atoms with Crippen LogP contribution in [0.25, 0.3) is 0 Å². The number of nitrogens with zero attached hydrogens (tertiary/aromatic N) is 3. The molecule has 0 spiro atoms. The van der Waals surface area contributed by atoms with E-state index >= 15 is 0 Å². The number of rotatable bonds is 5. The number of amides is 2. The Hall–Kier alpha value is -2.83. The summed E-state index contributed by atoms with van der Waals surface area (Å²) in [6, 6.07) is 7.58. The van der Waals surface area contributed by atoms with E-state index in [0.717, 1.165) is 68.7 Å². The summed E-state index contributed by atoms with van der Waals surface area (Å²) in [7, 11) is 1.63. The number of methoxy groups -OCH3 is 1. The Morgan fingerprint density at radius 2 is 1.76 bits per heavy atom. The number of ether oxygens (including phenoxy) is 1. The van der Waals surface area contributed by atoms with Gasteiger partial charge in [-0.3, -0.25) is 9.59 Å². The number of benzene rings is 1. The Bertz CT molecular complexity index is 882. The lowest BCUT2D eigenvalue weighted by Gasteiger charge is -2.26. The maximum atomic E-state index is 13.1. The predicted octanol–water partition coefficient (Wildman–Crippen LogP) is 2.78. The molecule has 2 aliphatic rings. The van der Waals surface area contributed by atoms with Crippen LogP contribution < -0.4 is 10.1 Å². The number of nitrogens with one attached hydrogen (secondary N) is 1. The monoisotopic (exact) mass is 396 g/mol. The lowest BCUT2D eigenvalue weighted by molar-refractivity contribution is 0.0717. The Morgan fingerprint density at radius 1 is 1.03 bits per heavy atom. The molecule has 0 saturated carbocycles. The third-order valence-corrected chi connectivity index (χ3v) is 5.78. The summed E-state index contributed by atoms with van der Waals surface area (Å²) in [4.78, 5) is 32.4. The fourth-order valence-corrected chi connectivity index (χ4v) is 4.14. The molecule has 4 rings (SSSR count). The quantitative estimate of drug-likeness (QED) is 0.843. The molecule has 1 saturated heterocycles. The molecule has 0 radical (unpaired) electrons. The van der Waals surface area contributed by atoms with Crippen LogP contribution in [0, 0.1) is 0 Å². The summed E-state index contributed by atoms with van der Waals surface area (Å²) in [5.41, 5.74) is 2.37. The third kappa shape index (κ3) is 4.13. The smallest absolute Gasteiger partial charge is 0.287 e. The van der Waals surface area contributed by atoms with Gasteiger partial charge in [0.15, 0.2) is 5.82 Å². The van der Waals surface area contributed by atoms with Crippen molar-refractivity contribution in [1.82, 2.24) is 19.8 Å². The zero-order chi connectivity index (χ0) is 20.2. The maximum Gasteiger partial charge on any atom is 0.287 e. The zero-order valence-corrected chi connectivity index (χ0v) is 16.9. The van der Waals surface area contributed by atoms with Gasteiger partial charge in [0.25, 0.3) is 11.8 Å². The molecule has 0 unspecified atom stereocenters. The lowest BCUT2D eigenvalue weighted by atomic mass is 10.1. The van der Waals surface area contributed by atoms with E-state index in [0.29, 0.717) is 18.1 Å². The van der Waals surface area contributed by atoms with Gasteiger partial charge in [-0.1, -0.05) is 12.1 Å². The largest absolute Gasteiger partial charge is 0.497 e. The van der Waals surface area contributed by atoms with Crippen molar-refractivity contribution in [3.63, 3.8) is 0 Å². The van der Waals surface area contributed by atoms with E-state index in [-0.39, 0.29) is 11.8 Å². The first-order chi connectivity index (χ1) is 14.2.